The van der Waals surface area contributed by atoms with Gasteiger partial charge in [-0.1, -0.05) is 38.1 Å². The normalized spacial score (nSPS) is 15.9. The lowest BCUT2D eigenvalue weighted by molar-refractivity contribution is -0.119. The van der Waals surface area contributed by atoms with Crippen LogP contribution >= 0.6 is 0 Å². The molecule has 146 valence electrons. The van der Waals surface area contributed by atoms with Gasteiger partial charge in [0.2, 0.25) is 5.91 Å². The Morgan fingerprint density at radius 2 is 1.82 bits per heavy atom. The number of aryl methyl sites for hydroxylation is 2. The van der Waals surface area contributed by atoms with E-state index in [0.29, 0.717) is 0 Å². The summed E-state index contributed by atoms with van der Waals surface area (Å²) in [6, 6.07) is 14.8. The van der Waals surface area contributed by atoms with E-state index in [0.717, 1.165) is 41.9 Å². The van der Waals surface area contributed by atoms with Gasteiger partial charge in [-0.25, -0.2) is 0 Å². The molecule has 2 heterocycles. The van der Waals surface area contributed by atoms with Gasteiger partial charge >= 0.3 is 0 Å². The maximum absolute atomic E-state index is 11.3. The maximum atomic E-state index is 11.3. The first-order valence-electron chi connectivity index (χ1n) is 9.87. The molecule has 0 saturated carbocycles. The minimum Gasteiger partial charge on any atom is -0.492 e. The second kappa shape index (κ2) is 7.01. The highest BCUT2D eigenvalue weighted by Crippen LogP contribution is 2.38. The molecular weight excluding hydrogens is 350 g/mol. The highest BCUT2D eigenvalue weighted by atomic mass is 16.5. The molecule has 0 bridgehead atoms. The number of furan rings is 1. The zero-order valence-electron chi connectivity index (χ0n) is 17.0. The van der Waals surface area contributed by atoms with E-state index < -0.39 is 0 Å². The van der Waals surface area contributed by atoms with Crippen LogP contribution in [0, 0.1) is 0 Å². The van der Waals surface area contributed by atoms with Crippen molar-refractivity contribution < 1.29 is 13.9 Å². The highest BCUT2D eigenvalue weighted by molar-refractivity contribution is 5.79. The predicted molar refractivity (Wildman–Crippen MR) is 111 cm³/mol. The molecule has 0 aliphatic carbocycles. The van der Waals surface area contributed by atoms with Crippen molar-refractivity contribution >= 4 is 16.9 Å². The Bertz CT molecular complexity index is 1030. The van der Waals surface area contributed by atoms with Gasteiger partial charge in [-0.3, -0.25) is 4.79 Å². The molecule has 1 aromatic heterocycles. The molecule has 4 nitrogen and oxygen atoms in total. The van der Waals surface area contributed by atoms with E-state index in [-0.39, 0.29) is 17.4 Å². The van der Waals surface area contributed by atoms with Crippen molar-refractivity contribution in [1.29, 1.82) is 0 Å². The van der Waals surface area contributed by atoms with Gasteiger partial charge in [0, 0.05) is 23.3 Å². The second-order valence-corrected chi connectivity index (χ2v) is 8.45. The van der Waals surface area contributed by atoms with Gasteiger partial charge in [0.1, 0.15) is 17.1 Å². The quantitative estimate of drug-likeness (QED) is 0.674. The number of carbonyl (C=O) groups excluding carboxylic acids is 1. The summed E-state index contributed by atoms with van der Waals surface area (Å²) in [5, 5.41) is 3.93. The average molecular weight is 377 g/mol. The Balaban J connectivity index is 1.49. The molecule has 0 fully saturated rings. The Morgan fingerprint density at radius 3 is 2.57 bits per heavy atom. The van der Waals surface area contributed by atoms with E-state index >= 15 is 0 Å². The van der Waals surface area contributed by atoms with Crippen LogP contribution in [-0.4, -0.2) is 12.5 Å². The second-order valence-electron chi connectivity index (χ2n) is 8.45. The van der Waals surface area contributed by atoms with E-state index in [4.69, 9.17) is 9.15 Å². The molecule has 1 amide bonds. The third-order valence-corrected chi connectivity index (χ3v) is 5.51. The molecule has 1 unspecified atom stereocenters. The van der Waals surface area contributed by atoms with E-state index in [2.05, 4.69) is 55.6 Å². The molecule has 1 N–H and O–H groups in total. The molecule has 0 radical (unpaired) electrons. The molecule has 1 aliphatic heterocycles. The molecule has 28 heavy (non-hydrogen) atoms. The Morgan fingerprint density at radius 1 is 1.11 bits per heavy atom. The summed E-state index contributed by atoms with van der Waals surface area (Å²) in [7, 11) is 0. The molecule has 1 atom stereocenters. The largest absolute Gasteiger partial charge is 0.492 e. The van der Waals surface area contributed by atoms with Crippen molar-refractivity contribution in [2.24, 2.45) is 0 Å². The molecule has 4 rings (SSSR count). The standard InChI is InChI=1S/C24H27NO3/c1-15(25-16(2)26)22-13-19-9-7-18(12-23(19)28-22)6-5-17-8-10-21-20(11-17)24(3,4)14-27-21/h7-13,15H,5-6,14H2,1-4H3,(H,25,26). The van der Waals surface area contributed by atoms with E-state index in [9.17, 15) is 4.79 Å². The molecule has 2 aromatic carbocycles. The number of rotatable bonds is 5. The minimum atomic E-state index is -0.134. The SMILES string of the molecule is CC(=O)NC(C)c1cc2ccc(CCc3ccc4c(c3)C(C)(C)CO4)cc2o1. The Kier molecular flexibility index (Phi) is 4.66. The fourth-order valence-corrected chi connectivity index (χ4v) is 3.85. The predicted octanol–water partition coefficient (Wildman–Crippen LogP) is 5.09. The summed E-state index contributed by atoms with van der Waals surface area (Å²) in [5.74, 6) is 1.74. The van der Waals surface area contributed by atoms with Gasteiger partial charge in [0.25, 0.3) is 0 Å². The molecule has 0 saturated heterocycles. The number of amides is 1. The van der Waals surface area contributed by atoms with Gasteiger partial charge in [-0.15, -0.1) is 0 Å². The van der Waals surface area contributed by atoms with Crippen LogP contribution in [0.5, 0.6) is 5.75 Å². The van der Waals surface area contributed by atoms with Crippen LogP contribution in [0.25, 0.3) is 11.0 Å². The summed E-state index contributed by atoms with van der Waals surface area (Å²) in [4.78, 5) is 11.3. The Labute approximate surface area is 165 Å². The number of benzene rings is 2. The number of nitrogens with one attached hydrogen (secondary N) is 1. The summed E-state index contributed by atoms with van der Waals surface area (Å²) >= 11 is 0. The number of fused-ring (bicyclic) bond motifs is 2. The topological polar surface area (TPSA) is 51.5 Å². The first-order chi connectivity index (χ1) is 13.3. The monoisotopic (exact) mass is 377 g/mol. The summed E-state index contributed by atoms with van der Waals surface area (Å²) in [5.41, 5.74) is 4.84. The van der Waals surface area contributed by atoms with Crippen LogP contribution in [0.15, 0.2) is 46.9 Å². The summed E-state index contributed by atoms with van der Waals surface area (Å²) in [6.07, 6.45) is 1.93. The van der Waals surface area contributed by atoms with Crippen molar-refractivity contribution in [2.75, 3.05) is 6.61 Å². The van der Waals surface area contributed by atoms with Gasteiger partial charge in [-0.05, 0) is 49.1 Å². The third-order valence-electron chi connectivity index (χ3n) is 5.51. The van der Waals surface area contributed by atoms with Gasteiger partial charge in [0.15, 0.2) is 0 Å². The third kappa shape index (κ3) is 3.64. The lowest BCUT2D eigenvalue weighted by Gasteiger charge is -2.15. The lowest BCUT2D eigenvalue weighted by Crippen LogP contribution is -2.23. The van der Waals surface area contributed by atoms with Gasteiger partial charge in [-0.2, -0.15) is 0 Å². The molecular formula is C24H27NO3. The number of hydrogen-bond acceptors (Lipinski definition) is 3. The van der Waals surface area contributed by atoms with Crippen LogP contribution in [0.3, 0.4) is 0 Å². The lowest BCUT2D eigenvalue weighted by atomic mass is 9.85. The average Bonchev–Trinajstić information content (AvgIpc) is 3.20. The van der Waals surface area contributed by atoms with Crippen LogP contribution in [0.2, 0.25) is 0 Å². The van der Waals surface area contributed by atoms with Crippen molar-refractivity contribution in [3.05, 3.63) is 64.9 Å². The van der Waals surface area contributed by atoms with Crippen molar-refractivity contribution in [3.63, 3.8) is 0 Å². The van der Waals surface area contributed by atoms with Gasteiger partial charge < -0.3 is 14.5 Å². The van der Waals surface area contributed by atoms with Crippen molar-refractivity contribution in [1.82, 2.24) is 5.32 Å². The highest BCUT2D eigenvalue weighted by Gasteiger charge is 2.31. The number of ether oxygens (including phenoxy) is 1. The maximum Gasteiger partial charge on any atom is 0.217 e. The minimum absolute atomic E-state index is 0.0587. The first-order valence-corrected chi connectivity index (χ1v) is 9.87. The van der Waals surface area contributed by atoms with Crippen LogP contribution in [0.1, 0.15) is 56.2 Å². The first kappa shape index (κ1) is 18.6. The van der Waals surface area contributed by atoms with E-state index in [1.165, 1.54) is 23.6 Å². The van der Waals surface area contributed by atoms with Crippen molar-refractivity contribution in [3.8, 4) is 5.75 Å². The number of hydrogen-bond donors (Lipinski definition) is 1. The molecule has 4 heteroatoms. The van der Waals surface area contributed by atoms with Crippen LogP contribution in [0.4, 0.5) is 0 Å². The van der Waals surface area contributed by atoms with Gasteiger partial charge in [0.05, 0.1) is 12.6 Å². The summed E-state index contributed by atoms with van der Waals surface area (Å²) in [6.45, 7) is 8.66. The van der Waals surface area contributed by atoms with Crippen LogP contribution in [-0.2, 0) is 23.1 Å². The van der Waals surface area contributed by atoms with E-state index in [1.54, 1.807) is 0 Å². The van der Waals surface area contributed by atoms with E-state index in [1.807, 2.05) is 13.0 Å². The summed E-state index contributed by atoms with van der Waals surface area (Å²) < 4.78 is 11.8. The Hall–Kier alpha value is -2.75. The smallest absolute Gasteiger partial charge is 0.217 e. The molecule has 1 aliphatic rings. The zero-order chi connectivity index (χ0) is 19.9. The fraction of sp³-hybridized carbons (Fsp3) is 0.375. The van der Waals surface area contributed by atoms with Crippen molar-refractivity contribution in [2.45, 2.75) is 52.0 Å². The molecule has 3 aromatic rings. The fourth-order valence-electron chi connectivity index (χ4n) is 3.85. The van der Waals surface area contributed by atoms with Crippen LogP contribution < -0.4 is 10.1 Å². The zero-order valence-corrected chi connectivity index (χ0v) is 17.0. The molecule has 0 spiro atoms. The number of carbonyl (C=O) groups is 1.